The lowest BCUT2D eigenvalue weighted by molar-refractivity contribution is -0.384. The Balaban J connectivity index is 2.13. The molecule has 2 rings (SSSR count). The molecule has 0 saturated carbocycles. The van der Waals surface area contributed by atoms with Gasteiger partial charge in [0.1, 0.15) is 0 Å². The number of hydrogen-bond acceptors (Lipinski definition) is 3. The van der Waals surface area contributed by atoms with Crippen LogP contribution in [-0.4, -0.2) is 28.8 Å². The van der Waals surface area contributed by atoms with Crippen molar-refractivity contribution in [2.24, 2.45) is 5.41 Å². The Morgan fingerprint density at radius 1 is 1.43 bits per heavy atom. The minimum atomic E-state index is -0.520. The molecular weight excluding hydrogens is 292 g/mol. The number of hydrogen-bond donors (Lipinski definition) is 0. The van der Waals surface area contributed by atoms with Crippen molar-refractivity contribution in [2.45, 2.75) is 33.1 Å². The molecule has 1 fully saturated rings. The molecule has 0 N–H and O–H groups in total. The number of likely N-dealkylation sites (tertiary alicyclic amines) is 1. The van der Waals surface area contributed by atoms with Gasteiger partial charge in [-0.2, -0.15) is 0 Å². The number of halogens is 1. The molecule has 1 aromatic rings. The molecule has 1 aromatic carbocycles. The topological polar surface area (TPSA) is 63.5 Å². The quantitative estimate of drug-likeness (QED) is 0.628. The summed E-state index contributed by atoms with van der Waals surface area (Å²) >= 11 is 6.02. The summed E-state index contributed by atoms with van der Waals surface area (Å²) in [6, 6.07) is 3.99. The molecule has 1 amide bonds. The van der Waals surface area contributed by atoms with Crippen molar-refractivity contribution < 1.29 is 9.72 Å². The van der Waals surface area contributed by atoms with Gasteiger partial charge in [-0.3, -0.25) is 14.9 Å². The highest BCUT2D eigenvalue weighted by Gasteiger charge is 2.31. The van der Waals surface area contributed by atoms with Gasteiger partial charge < -0.3 is 4.90 Å². The fourth-order valence-electron chi connectivity index (χ4n) is 2.56. The molecule has 0 aliphatic carbocycles. The summed E-state index contributed by atoms with van der Waals surface area (Å²) in [5, 5.41) is 10.8. The number of rotatable bonds is 3. The van der Waals surface area contributed by atoms with Crippen LogP contribution in [0.15, 0.2) is 18.2 Å². The SMILES string of the molecule is CCC1(C)CCN(C(=O)c2ccc([N+](=O)[O-])cc2Cl)CC1. The van der Waals surface area contributed by atoms with Gasteiger partial charge in [-0.05, 0) is 24.3 Å². The van der Waals surface area contributed by atoms with Crippen molar-refractivity contribution in [1.82, 2.24) is 4.90 Å². The first-order valence-corrected chi connectivity index (χ1v) is 7.47. The summed E-state index contributed by atoms with van der Waals surface area (Å²) in [4.78, 5) is 24.4. The Morgan fingerprint density at radius 3 is 2.52 bits per heavy atom. The predicted molar refractivity (Wildman–Crippen MR) is 81.6 cm³/mol. The first kappa shape index (κ1) is 15.8. The number of benzene rings is 1. The summed E-state index contributed by atoms with van der Waals surface area (Å²) < 4.78 is 0. The lowest BCUT2D eigenvalue weighted by atomic mass is 9.78. The maximum atomic E-state index is 12.5. The van der Waals surface area contributed by atoms with E-state index in [1.165, 1.54) is 18.2 Å². The van der Waals surface area contributed by atoms with Crippen LogP contribution in [0.4, 0.5) is 5.69 Å². The van der Waals surface area contributed by atoms with Gasteiger partial charge in [0, 0.05) is 25.2 Å². The standard InChI is InChI=1S/C15H19ClN2O3/c1-3-15(2)6-8-17(9-7-15)14(19)12-5-4-11(18(20)21)10-13(12)16/h4-5,10H,3,6-9H2,1-2H3. The van der Waals surface area contributed by atoms with Crippen LogP contribution >= 0.6 is 11.6 Å². The maximum Gasteiger partial charge on any atom is 0.270 e. The van der Waals surface area contributed by atoms with Crippen LogP contribution in [0.5, 0.6) is 0 Å². The zero-order valence-electron chi connectivity index (χ0n) is 12.3. The van der Waals surface area contributed by atoms with Crippen molar-refractivity contribution >= 4 is 23.2 Å². The minimum absolute atomic E-state index is 0.103. The molecule has 0 radical (unpaired) electrons. The molecule has 6 heteroatoms. The first-order chi connectivity index (χ1) is 9.86. The molecule has 0 unspecified atom stereocenters. The van der Waals surface area contributed by atoms with Crippen molar-refractivity contribution in [3.8, 4) is 0 Å². The number of carbonyl (C=O) groups excluding carboxylic acids is 1. The lowest BCUT2D eigenvalue weighted by Gasteiger charge is -2.39. The van der Waals surface area contributed by atoms with Gasteiger partial charge in [0.25, 0.3) is 11.6 Å². The Morgan fingerprint density at radius 2 is 2.05 bits per heavy atom. The molecule has 21 heavy (non-hydrogen) atoms. The van der Waals surface area contributed by atoms with E-state index in [0.717, 1.165) is 19.3 Å². The largest absolute Gasteiger partial charge is 0.339 e. The van der Waals surface area contributed by atoms with E-state index in [1.54, 1.807) is 4.90 Å². The molecule has 1 heterocycles. The van der Waals surface area contributed by atoms with E-state index < -0.39 is 4.92 Å². The van der Waals surface area contributed by atoms with E-state index in [0.29, 0.717) is 24.1 Å². The van der Waals surface area contributed by atoms with Crippen molar-refractivity contribution in [1.29, 1.82) is 0 Å². The highest BCUT2D eigenvalue weighted by atomic mass is 35.5. The van der Waals surface area contributed by atoms with E-state index in [1.807, 2.05) is 0 Å². The molecule has 5 nitrogen and oxygen atoms in total. The third-order valence-corrected chi connectivity index (χ3v) is 4.82. The molecular formula is C15H19ClN2O3. The number of nitro groups is 1. The second-order valence-electron chi connectivity index (χ2n) is 5.88. The Bertz CT molecular complexity index is 566. The monoisotopic (exact) mass is 310 g/mol. The van der Waals surface area contributed by atoms with Gasteiger partial charge in [0.05, 0.1) is 15.5 Å². The van der Waals surface area contributed by atoms with E-state index in [2.05, 4.69) is 13.8 Å². The molecule has 0 bridgehead atoms. The predicted octanol–water partition coefficient (Wildman–Crippen LogP) is 3.90. The van der Waals surface area contributed by atoms with E-state index in [9.17, 15) is 14.9 Å². The second kappa shape index (κ2) is 6.02. The smallest absolute Gasteiger partial charge is 0.270 e. The molecule has 1 saturated heterocycles. The Kier molecular flexibility index (Phi) is 4.52. The average molecular weight is 311 g/mol. The third-order valence-electron chi connectivity index (χ3n) is 4.51. The van der Waals surface area contributed by atoms with Crippen LogP contribution in [0.25, 0.3) is 0 Å². The number of carbonyl (C=O) groups is 1. The zero-order chi connectivity index (χ0) is 15.6. The highest BCUT2D eigenvalue weighted by Crippen LogP contribution is 2.35. The number of non-ortho nitro benzene ring substituents is 1. The van der Waals surface area contributed by atoms with Gasteiger partial charge in [0.2, 0.25) is 0 Å². The Hall–Kier alpha value is -1.62. The lowest BCUT2D eigenvalue weighted by Crippen LogP contribution is -2.42. The molecule has 114 valence electrons. The summed E-state index contributed by atoms with van der Waals surface area (Å²) in [5.74, 6) is -0.145. The molecule has 0 aromatic heterocycles. The maximum absolute atomic E-state index is 12.5. The van der Waals surface area contributed by atoms with Crippen LogP contribution in [0, 0.1) is 15.5 Å². The van der Waals surface area contributed by atoms with E-state index in [-0.39, 0.29) is 16.6 Å². The molecule has 1 aliphatic rings. The number of nitrogens with zero attached hydrogens (tertiary/aromatic N) is 2. The molecule has 0 atom stereocenters. The number of amides is 1. The number of piperidine rings is 1. The summed E-state index contributed by atoms with van der Waals surface area (Å²) in [7, 11) is 0. The van der Waals surface area contributed by atoms with Crippen LogP contribution in [-0.2, 0) is 0 Å². The van der Waals surface area contributed by atoms with Gasteiger partial charge >= 0.3 is 0 Å². The Labute approximate surface area is 129 Å². The zero-order valence-corrected chi connectivity index (χ0v) is 13.0. The van der Waals surface area contributed by atoms with Crippen molar-refractivity contribution in [2.75, 3.05) is 13.1 Å². The minimum Gasteiger partial charge on any atom is -0.339 e. The van der Waals surface area contributed by atoms with Crippen LogP contribution in [0.1, 0.15) is 43.5 Å². The number of nitro benzene ring substituents is 1. The van der Waals surface area contributed by atoms with Gasteiger partial charge in [-0.15, -0.1) is 0 Å². The van der Waals surface area contributed by atoms with Gasteiger partial charge in [-0.1, -0.05) is 31.9 Å². The fourth-order valence-corrected chi connectivity index (χ4v) is 2.82. The normalized spacial score (nSPS) is 17.6. The van der Waals surface area contributed by atoms with E-state index in [4.69, 9.17) is 11.6 Å². The summed E-state index contributed by atoms with van der Waals surface area (Å²) in [6.45, 7) is 5.82. The third kappa shape index (κ3) is 3.35. The fraction of sp³-hybridized carbons (Fsp3) is 0.533. The second-order valence-corrected chi connectivity index (χ2v) is 6.28. The van der Waals surface area contributed by atoms with Crippen molar-refractivity contribution in [3.63, 3.8) is 0 Å². The van der Waals surface area contributed by atoms with Gasteiger partial charge in [-0.25, -0.2) is 0 Å². The summed E-state index contributed by atoms with van der Waals surface area (Å²) in [6.07, 6.45) is 3.05. The molecule has 1 aliphatic heterocycles. The molecule has 0 spiro atoms. The highest BCUT2D eigenvalue weighted by molar-refractivity contribution is 6.34. The first-order valence-electron chi connectivity index (χ1n) is 7.09. The average Bonchev–Trinajstić information content (AvgIpc) is 2.47. The van der Waals surface area contributed by atoms with Crippen molar-refractivity contribution in [3.05, 3.63) is 38.9 Å². The van der Waals surface area contributed by atoms with Crippen LogP contribution in [0.3, 0.4) is 0 Å². The van der Waals surface area contributed by atoms with E-state index >= 15 is 0 Å². The van der Waals surface area contributed by atoms with Gasteiger partial charge in [0.15, 0.2) is 0 Å². The van der Waals surface area contributed by atoms with Crippen LogP contribution < -0.4 is 0 Å². The summed E-state index contributed by atoms with van der Waals surface area (Å²) in [5.41, 5.74) is 0.534. The van der Waals surface area contributed by atoms with Crippen LogP contribution in [0.2, 0.25) is 5.02 Å².